The van der Waals surface area contributed by atoms with E-state index < -0.39 is 0 Å². The fourth-order valence-electron chi connectivity index (χ4n) is 1.82. The molecule has 1 atom stereocenters. The molecule has 1 unspecified atom stereocenters. The van der Waals surface area contributed by atoms with Gasteiger partial charge in [-0.25, -0.2) is 0 Å². The molecular weight excluding hydrogens is 351 g/mol. The van der Waals surface area contributed by atoms with Crippen molar-refractivity contribution in [3.05, 3.63) is 27.7 Å². The summed E-state index contributed by atoms with van der Waals surface area (Å²) in [5.74, 6) is -0.200. The van der Waals surface area contributed by atoms with Crippen molar-refractivity contribution in [2.24, 2.45) is 5.73 Å². The van der Waals surface area contributed by atoms with Crippen LogP contribution in [0.15, 0.2) is 17.0 Å². The van der Waals surface area contributed by atoms with Gasteiger partial charge in [-0.3, -0.25) is 4.79 Å². The van der Waals surface area contributed by atoms with E-state index in [2.05, 4.69) is 12.2 Å². The maximum Gasteiger partial charge on any atom is 0.253 e. The van der Waals surface area contributed by atoms with E-state index in [0.29, 0.717) is 22.2 Å². The molecule has 1 rings (SSSR count). The van der Waals surface area contributed by atoms with Gasteiger partial charge in [0.05, 0.1) is 15.6 Å². The van der Waals surface area contributed by atoms with Crippen molar-refractivity contribution in [3.8, 4) is 0 Å². The molecule has 0 saturated heterocycles. The lowest BCUT2D eigenvalue weighted by Gasteiger charge is -2.17. The molecule has 3 nitrogen and oxygen atoms in total. The van der Waals surface area contributed by atoms with E-state index in [1.165, 1.54) is 11.8 Å². The summed E-state index contributed by atoms with van der Waals surface area (Å²) in [5.41, 5.74) is 6.13. The van der Waals surface area contributed by atoms with Crippen molar-refractivity contribution < 1.29 is 4.79 Å². The molecule has 0 spiro atoms. The highest BCUT2D eigenvalue weighted by atomic mass is 35.5. The molecule has 0 fully saturated rings. The molecule has 1 amide bonds. The van der Waals surface area contributed by atoms with Crippen LogP contribution in [-0.2, 0) is 0 Å². The summed E-state index contributed by atoms with van der Waals surface area (Å²) in [6.45, 7) is 2.53. The molecule has 0 radical (unpaired) electrons. The van der Waals surface area contributed by atoms with E-state index >= 15 is 0 Å². The van der Waals surface area contributed by atoms with Crippen molar-refractivity contribution in [1.29, 1.82) is 0 Å². The third-order valence-corrected chi connectivity index (χ3v) is 4.53. The Labute approximate surface area is 146 Å². The van der Waals surface area contributed by atoms with Gasteiger partial charge in [-0.1, -0.05) is 43.0 Å². The highest BCUT2D eigenvalue weighted by Crippen LogP contribution is 2.31. The number of rotatable bonds is 7. The maximum absolute atomic E-state index is 12.3. The van der Waals surface area contributed by atoms with Crippen molar-refractivity contribution in [2.75, 3.05) is 12.8 Å². The lowest BCUT2D eigenvalue weighted by molar-refractivity contribution is 0.0935. The van der Waals surface area contributed by atoms with Gasteiger partial charge in [0, 0.05) is 17.5 Å². The fourth-order valence-corrected chi connectivity index (χ4v) is 3.01. The molecule has 1 aromatic carbocycles. The normalized spacial score (nSPS) is 11.7. The van der Waals surface area contributed by atoms with Gasteiger partial charge in [-0.15, -0.1) is 24.2 Å². The second-order valence-electron chi connectivity index (χ2n) is 4.51. The molecule has 0 saturated carbocycles. The molecule has 0 aliphatic carbocycles. The number of amides is 1. The number of unbranched alkanes of at least 4 members (excludes halogenated alkanes) is 1. The Morgan fingerprint density at radius 1 is 1.38 bits per heavy atom. The topological polar surface area (TPSA) is 55.1 Å². The van der Waals surface area contributed by atoms with Gasteiger partial charge in [0.2, 0.25) is 0 Å². The van der Waals surface area contributed by atoms with Gasteiger partial charge < -0.3 is 11.1 Å². The lowest BCUT2D eigenvalue weighted by atomic mass is 10.1. The second kappa shape index (κ2) is 10.6. The summed E-state index contributed by atoms with van der Waals surface area (Å²) in [4.78, 5) is 13.1. The number of hydrogen-bond acceptors (Lipinski definition) is 3. The van der Waals surface area contributed by atoms with Crippen LogP contribution in [0, 0.1) is 0 Å². The van der Waals surface area contributed by atoms with Gasteiger partial charge in [-0.2, -0.15) is 0 Å². The minimum atomic E-state index is -0.200. The highest BCUT2D eigenvalue weighted by molar-refractivity contribution is 7.98. The molecule has 0 aromatic heterocycles. The number of hydrogen-bond donors (Lipinski definition) is 2. The molecule has 7 heteroatoms. The SMILES string of the molecule is CCCCC(CN)NC(=O)c1cc(SC)c(Cl)cc1Cl.Cl. The molecule has 0 aliphatic rings. The minimum absolute atomic E-state index is 0. The molecule has 0 heterocycles. The van der Waals surface area contributed by atoms with Gasteiger partial charge in [0.25, 0.3) is 5.91 Å². The number of benzene rings is 1. The molecule has 0 aliphatic heterocycles. The first-order valence-corrected chi connectivity index (χ1v) is 8.55. The van der Waals surface area contributed by atoms with Crippen LogP contribution in [0.25, 0.3) is 0 Å². The van der Waals surface area contributed by atoms with E-state index in [0.717, 1.165) is 24.2 Å². The first kappa shape index (κ1) is 20.9. The first-order valence-electron chi connectivity index (χ1n) is 6.57. The molecular formula is C14H21Cl3N2OS. The quantitative estimate of drug-likeness (QED) is 0.699. The average molecular weight is 372 g/mol. The summed E-state index contributed by atoms with van der Waals surface area (Å²) in [5, 5.41) is 3.84. The minimum Gasteiger partial charge on any atom is -0.348 e. The molecule has 1 aromatic rings. The number of nitrogens with one attached hydrogen (secondary N) is 1. The first-order chi connectivity index (χ1) is 9.53. The number of thioether (sulfide) groups is 1. The molecule has 21 heavy (non-hydrogen) atoms. The largest absolute Gasteiger partial charge is 0.348 e. The number of carbonyl (C=O) groups is 1. The third-order valence-electron chi connectivity index (χ3n) is 3.01. The van der Waals surface area contributed by atoms with Crippen LogP contribution in [0.2, 0.25) is 10.0 Å². The molecule has 120 valence electrons. The lowest BCUT2D eigenvalue weighted by Crippen LogP contribution is -2.40. The Kier molecular flexibility index (Phi) is 10.5. The Bertz CT molecular complexity index is 472. The maximum atomic E-state index is 12.3. The summed E-state index contributed by atoms with van der Waals surface area (Å²) in [6.07, 6.45) is 4.89. The average Bonchev–Trinajstić information content (AvgIpc) is 2.43. The van der Waals surface area contributed by atoms with Crippen molar-refractivity contribution in [3.63, 3.8) is 0 Å². The van der Waals surface area contributed by atoms with Crippen LogP contribution in [0.1, 0.15) is 36.5 Å². The standard InChI is InChI=1S/C14H20Cl2N2OS.ClH/c1-3-4-5-9(8-17)18-14(19)10-6-13(20-2)12(16)7-11(10)15;/h6-7,9H,3-5,8,17H2,1-2H3,(H,18,19);1H. The number of halogens is 3. The van der Waals surface area contributed by atoms with E-state index in [9.17, 15) is 4.79 Å². The van der Waals surface area contributed by atoms with E-state index in [-0.39, 0.29) is 24.4 Å². The second-order valence-corrected chi connectivity index (χ2v) is 6.18. The number of carbonyl (C=O) groups excluding carboxylic acids is 1. The van der Waals surface area contributed by atoms with Crippen LogP contribution >= 0.6 is 47.4 Å². The van der Waals surface area contributed by atoms with Crippen molar-refractivity contribution >= 4 is 53.3 Å². The highest BCUT2D eigenvalue weighted by Gasteiger charge is 2.16. The predicted octanol–water partition coefficient (Wildman–Crippen LogP) is 4.38. The Morgan fingerprint density at radius 3 is 2.57 bits per heavy atom. The van der Waals surface area contributed by atoms with Crippen LogP contribution in [-0.4, -0.2) is 24.7 Å². The Hall–Kier alpha value is -0.130. The smallest absolute Gasteiger partial charge is 0.253 e. The van der Waals surface area contributed by atoms with Crippen LogP contribution in [0.5, 0.6) is 0 Å². The molecule has 0 bridgehead atoms. The zero-order valence-corrected chi connectivity index (χ0v) is 15.3. The predicted molar refractivity (Wildman–Crippen MR) is 95.3 cm³/mol. The number of nitrogens with two attached hydrogens (primary N) is 1. The van der Waals surface area contributed by atoms with Gasteiger partial charge >= 0.3 is 0 Å². The van der Waals surface area contributed by atoms with Gasteiger partial charge in [0.15, 0.2) is 0 Å². The summed E-state index contributed by atoms with van der Waals surface area (Å²) in [6, 6.07) is 3.30. The van der Waals surface area contributed by atoms with E-state index in [1.807, 2.05) is 6.26 Å². The summed E-state index contributed by atoms with van der Waals surface area (Å²) in [7, 11) is 0. The van der Waals surface area contributed by atoms with E-state index in [1.54, 1.807) is 12.1 Å². The molecule has 3 N–H and O–H groups in total. The van der Waals surface area contributed by atoms with Crippen LogP contribution < -0.4 is 11.1 Å². The zero-order chi connectivity index (χ0) is 15.1. The summed E-state index contributed by atoms with van der Waals surface area (Å²) < 4.78 is 0. The monoisotopic (exact) mass is 370 g/mol. The fraction of sp³-hybridized carbons (Fsp3) is 0.500. The van der Waals surface area contributed by atoms with Crippen molar-refractivity contribution in [2.45, 2.75) is 37.1 Å². The Balaban J connectivity index is 0.00000400. The van der Waals surface area contributed by atoms with Crippen LogP contribution in [0.4, 0.5) is 0 Å². The van der Waals surface area contributed by atoms with Gasteiger partial charge in [0.1, 0.15) is 0 Å². The third kappa shape index (κ3) is 6.25. The van der Waals surface area contributed by atoms with Gasteiger partial charge in [-0.05, 0) is 24.8 Å². The Morgan fingerprint density at radius 2 is 2.05 bits per heavy atom. The van der Waals surface area contributed by atoms with Crippen molar-refractivity contribution in [1.82, 2.24) is 5.32 Å². The zero-order valence-electron chi connectivity index (χ0n) is 12.1. The van der Waals surface area contributed by atoms with Crippen LogP contribution in [0.3, 0.4) is 0 Å². The van der Waals surface area contributed by atoms with E-state index in [4.69, 9.17) is 28.9 Å². The summed E-state index contributed by atoms with van der Waals surface area (Å²) >= 11 is 13.6.